The molecule has 0 amide bonds. The molecule has 5 heteroatoms. The molecule has 2 aromatic rings. The van der Waals surface area contributed by atoms with Crippen LogP contribution in [-0.4, -0.2) is 26.5 Å². The van der Waals surface area contributed by atoms with E-state index in [0.717, 1.165) is 5.52 Å². The molecule has 5 nitrogen and oxygen atoms in total. The van der Waals surface area contributed by atoms with Gasteiger partial charge < -0.3 is 9.72 Å². The van der Waals surface area contributed by atoms with Crippen LogP contribution in [0.5, 0.6) is 6.01 Å². The highest BCUT2D eigenvalue weighted by molar-refractivity contribution is 5.69. The molecule has 0 aliphatic carbocycles. The molecule has 1 N–H and O–H groups in total. The first kappa shape index (κ1) is 7.72. The standard InChI is InChI=1S/C8H8N4O/c1-2-3-13-8-11-6-4-9-5-10-7(6)12-8/h2,4-5H,1,3H2,(H,9,10,11,12). The second kappa shape index (κ2) is 3.22. The average Bonchev–Trinajstić information content (AvgIpc) is 2.57. The van der Waals surface area contributed by atoms with Gasteiger partial charge in [0.05, 0.1) is 6.20 Å². The van der Waals surface area contributed by atoms with E-state index in [2.05, 4.69) is 26.5 Å². The van der Waals surface area contributed by atoms with Crippen molar-refractivity contribution in [1.82, 2.24) is 19.9 Å². The number of hydrogen-bond donors (Lipinski definition) is 1. The van der Waals surface area contributed by atoms with Gasteiger partial charge in [0.1, 0.15) is 18.5 Å². The second-order valence-corrected chi connectivity index (χ2v) is 2.40. The summed E-state index contributed by atoms with van der Waals surface area (Å²) in [6.07, 6.45) is 4.75. The molecule has 0 atom stereocenters. The monoisotopic (exact) mass is 176 g/mol. The molecule has 2 rings (SSSR count). The molecule has 0 radical (unpaired) electrons. The van der Waals surface area contributed by atoms with E-state index in [9.17, 15) is 0 Å². The zero-order valence-electron chi connectivity index (χ0n) is 6.90. The highest BCUT2D eigenvalue weighted by Gasteiger charge is 2.02. The van der Waals surface area contributed by atoms with Gasteiger partial charge >= 0.3 is 0 Å². The quantitative estimate of drug-likeness (QED) is 0.706. The molecule has 2 heterocycles. The third-order valence-electron chi connectivity index (χ3n) is 1.48. The number of fused-ring (bicyclic) bond motifs is 1. The molecule has 66 valence electrons. The average molecular weight is 176 g/mol. The Morgan fingerprint density at radius 3 is 3.31 bits per heavy atom. The van der Waals surface area contributed by atoms with Gasteiger partial charge in [-0.1, -0.05) is 12.7 Å². The first-order valence-electron chi connectivity index (χ1n) is 3.79. The van der Waals surface area contributed by atoms with Crippen molar-refractivity contribution in [2.24, 2.45) is 0 Å². The van der Waals surface area contributed by atoms with E-state index in [0.29, 0.717) is 18.3 Å². The SMILES string of the molecule is C=CCOc1nc2ncncc2[nH]1. The summed E-state index contributed by atoms with van der Waals surface area (Å²) >= 11 is 0. The van der Waals surface area contributed by atoms with Crippen LogP contribution < -0.4 is 4.74 Å². The number of H-pyrrole nitrogens is 1. The number of nitrogens with zero attached hydrogens (tertiary/aromatic N) is 3. The van der Waals surface area contributed by atoms with Gasteiger partial charge in [0.25, 0.3) is 6.01 Å². The van der Waals surface area contributed by atoms with Crippen LogP contribution in [0.1, 0.15) is 0 Å². The Hall–Kier alpha value is -1.91. The summed E-state index contributed by atoms with van der Waals surface area (Å²) in [5, 5.41) is 0. The van der Waals surface area contributed by atoms with Crippen LogP contribution in [0.25, 0.3) is 11.2 Å². The van der Waals surface area contributed by atoms with Gasteiger partial charge in [0, 0.05) is 0 Å². The van der Waals surface area contributed by atoms with E-state index < -0.39 is 0 Å². The number of nitrogens with one attached hydrogen (secondary N) is 1. The molecular formula is C8H8N4O. The van der Waals surface area contributed by atoms with Crippen LogP contribution in [0.3, 0.4) is 0 Å². The van der Waals surface area contributed by atoms with Gasteiger partial charge in [-0.15, -0.1) is 0 Å². The number of aromatic amines is 1. The number of rotatable bonds is 3. The van der Waals surface area contributed by atoms with E-state index in [1.54, 1.807) is 12.3 Å². The zero-order valence-corrected chi connectivity index (χ0v) is 6.90. The van der Waals surface area contributed by atoms with Crippen molar-refractivity contribution < 1.29 is 4.74 Å². The number of ether oxygens (including phenoxy) is 1. The Morgan fingerprint density at radius 2 is 2.54 bits per heavy atom. The maximum atomic E-state index is 5.19. The Balaban J connectivity index is 2.32. The summed E-state index contributed by atoms with van der Waals surface area (Å²) < 4.78 is 5.19. The van der Waals surface area contributed by atoms with E-state index in [-0.39, 0.29) is 0 Å². The molecule has 0 bridgehead atoms. The minimum atomic E-state index is 0.424. The van der Waals surface area contributed by atoms with Crippen molar-refractivity contribution in [3.63, 3.8) is 0 Å². The maximum Gasteiger partial charge on any atom is 0.296 e. The topological polar surface area (TPSA) is 63.7 Å². The molecular weight excluding hydrogens is 168 g/mol. The normalized spacial score (nSPS) is 10.2. The van der Waals surface area contributed by atoms with Gasteiger partial charge in [-0.05, 0) is 0 Å². The first-order valence-corrected chi connectivity index (χ1v) is 3.79. The largest absolute Gasteiger partial charge is 0.461 e. The summed E-state index contributed by atoms with van der Waals surface area (Å²) in [5.74, 6) is 0. The number of imidazole rings is 1. The lowest BCUT2D eigenvalue weighted by atomic mass is 10.6. The predicted octanol–water partition coefficient (Wildman–Crippen LogP) is 0.918. The van der Waals surface area contributed by atoms with Gasteiger partial charge in [0.2, 0.25) is 0 Å². The lowest BCUT2D eigenvalue weighted by Crippen LogP contribution is -1.93. The molecule has 0 fully saturated rings. The van der Waals surface area contributed by atoms with Crippen molar-refractivity contribution in [2.75, 3.05) is 6.61 Å². The van der Waals surface area contributed by atoms with Crippen molar-refractivity contribution in [1.29, 1.82) is 0 Å². The molecule has 0 aliphatic heterocycles. The molecule has 0 spiro atoms. The van der Waals surface area contributed by atoms with Crippen LogP contribution in [0.4, 0.5) is 0 Å². The Labute approximate surface area is 74.5 Å². The third-order valence-corrected chi connectivity index (χ3v) is 1.48. The fourth-order valence-corrected chi connectivity index (χ4v) is 0.946. The molecule has 0 saturated heterocycles. The summed E-state index contributed by atoms with van der Waals surface area (Å²) in [5.41, 5.74) is 1.37. The van der Waals surface area contributed by atoms with Crippen LogP contribution in [-0.2, 0) is 0 Å². The lowest BCUT2D eigenvalue weighted by Gasteiger charge is -1.93. The summed E-state index contributed by atoms with van der Waals surface area (Å²) in [7, 11) is 0. The number of aromatic nitrogens is 4. The van der Waals surface area contributed by atoms with Crippen LogP contribution in [0, 0.1) is 0 Å². The lowest BCUT2D eigenvalue weighted by molar-refractivity contribution is 0.338. The minimum absolute atomic E-state index is 0.424. The molecule has 0 unspecified atom stereocenters. The van der Waals surface area contributed by atoms with Gasteiger partial charge in [-0.3, -0.25) is 0 Å². The van der Waals surface area contributed by atoms with Crippen molar-refractivity contribution in [2.45, 2.75) is 0 Å². The summed E-state index contributed by atoms with van der Waals surface area (Å²) in [6.45, 7) is 3.96. The summed E-state index contributed by atoms with van der Waals surface area (Å²) in [4.78, 5) is 14.8. The zero-order chi connectivity index (χ0) is 9.10. The van der Waals surface area contributed by atoms with Gasteiger partial charge in [-0.25, -0.2) is 9.97 Å². The molecule has 2 aromatic heterocycles. The smallest absolute Gasteiger partial charge is 0.296 e. The van der Waals surface area contributed by atoms with E-state index in [1.165, 1.54) is 6.33 Å². The van der Waals surface area contributed by atoms with Gasteiger partial charge in [0.15, 0.2) is 5.65 Å². The van der Waals surface area contributed by atoms with Crippen molar-refractivity contribution in [3.8, 4) is 6.01 Å². The number of hydrogen-bond acceptors (Lipinski definition) is 4. The fraction of sp³-hybridized carbons (Fsp3) is 0.125. The van der Waals surface area contributed by atoms with E-state index in [4.69, 9.17) is 4.74 Å². The Bertz CT molecular complexity index is 390. The van der Waals surface area contributed by atoms with Crippen LogP contribution in [0.15, 0.2) is 25.2 Å². The molecule has 0 aliphatic rings. The molecule has 0 aromatic carbocycles. The van der Waals surface area contributed by atoms with Crippen LogP contribution >= 0.6 is 0 Å². The highest BCUT2D eigenvalue weighted by Crippen LogP contribution is 2.11. The van der Waals surface area contributed by atoms with Gasteiger partial charge in [-0.2, -0.15) is 4.98 Å². The molecule has 13 heavy (non-hydrogen) atoms. The summed E-state index contributed by atoms with van der Waals surface area (Å²) in [6, 6.07) is 0.440. The van der Waals surface area contributed by atoms with Crippen molar-refractivity contribution >= 4 is 11.2 Å². The van der Waals surface area contributed by atoms with E-state index >= 15 is 0 Å². The van der Waals surface area contributed by atoms with E-state index in [1.807, 2.05) is 0 Å². The first-order chi connectivity index (χ1) is 6.40. The Kier molecular flexibility index (Phi) is 1.91. The Morgan fingerprint density at radius 1 is 1.62 bits per heavy atom. The van der Waals surface area contributed by atoms with Crippen LogP contribution in [0.2, 0.25) is 0 Å². The minimum Gasteiger partial charge on any atom is -0.461 e. The molecule has 0 saturated carbocycles. The van der Waals surface area contributed by atoms with Crippen molar-refractivity contribution in [3.05, 3.63) is 25.2 Å². The second-order valence-electron chi connectivity index (χ2n) is 2.40. The third kappa shape index (κ3) is 1.48. The highest BCUT2D eigenvalue weighted by atomic mass is 16.5. The fourth-order valence-electron chi connectivity index (χ4n) is 0.946. The predicted molar refractivity (Wildman–Crippen MR) is 47.4 cm³/mol. The maximum absolute atomic E-state index is 5.19.